The van der Waals surface area contributed by atoms with E-state index in [9.17, 15) is 4.79 Å². The molecule has 0 N–H and O–H groups in total. The van der Waals surface area contributed by atoms with Crippen LogP contribution in [0, 0.1) is 3.57 Å². The van der Waals surface area contributed by atoms with E-state index >= 15 is 0 Å². The summed E-state index contributed by atoms with van der Waals surface area (Å²) in [6, 6.07) is 9.01. The van der Waals surface area contributed by atoms with Crippen molar-refractivity contribution in [2.45, 2.75) is 6.92 Å². The van der Waals surface area contributed by atoms with Gasteiger partial charge in [0.2, 0.25) is 5.90 Å². The van der Waals surface area contributed by atoms with Crippen LogP contribution in [0.4, 0.5) is 0 Å². The molecule has 0 amide bonds. The predicted molar refractivity (Wildman–Crippen MR) is 126 cm³/mol. The summed E-state index contributed by atoms with van der Waals surface area (Å²) in [5, 5.41) is 0.461. The van der Waals surface area contributed by atoms with Crippen LogP contribution < -0.4 is 9.47 Å². The molecule has 0 unspecified atom stereocenters. The minimum Gasteiger partial charge on any atom is -0.490 e. The van der Waals surface area contributed by atoms with Gasteiger partial charge in [-0.2, -0.15) is 0 Å². The standard InChI is InChI=1S/C21H16BrClINO4/c1-3-7-28-19-15(22)8-12(10-18(19)27-4-2)9-17-21(26)29-20(25-17)14-11-13(24)5-6-16(14)23/h3,5-6,8-11H,1,4,7H2,2H3/b17-9-. The second-order valence-electron chi connectivity index (χ2n) is 5.82. The SMILES string of the molecule is C=CCOc1c(Br)cc(/C=C2\N=C(c3cc(I)ccc3Cl)OC2=O)cc1OCC. The van der Waals surface area contributed by atoms with E-state index in [-0.39, 0.29) is 11.6 Å². The maximum atomic E-state index is 12.3. The fourth-order valence-electron chi connectivity index (χ4n) is 2.56. The number of hydrogen-bond acceptors (Lipinski definition) is 5. The molecule has 0 spiro atoms. The van der Waals surface area contributed by atoms with Gasteiger partial charge in [-0.05, 0) is 87.4 Å². The lowest BCUT2D eigenvalue weighted by molar-refractivity contribution is -0.129. The fourth-order valence-corrected chi connectivity index (χ4v) is 3.82. The second-order valence-corrected chi connectivity index (χ2v) is 8.33. The van der Waals surface area contributed by atoms with Gasteiger partial charge in [-0.25, -0.2) is 9.79 Å². The summed E-state index contributed by atoms with van der Waals surface area (Å²) in [6.45, 7) is 6.34. The zero-order valence-corrected chi connectivity index (χ0v) is 19.9. The Hall–Kier alpha value is -1.84. The third kappa shape index (κ3) is 5.21. The van der Waals surface area contributed by atoms with E-state index in [2.05, 4.69) is 50.1 Å². The molecule has 0 bridgehead atoms. The van der Waals surface area contributed by atoms with Crippen molar-refractivity contribution in [1.29, 1.82) is 0 Å². The van der Waals surface area contributed by atoms with E-state index in [4.69, 9.17) is 25.8 Å². The smallest absolute Gasteiger partial charge is 0.363 e. The fraction of sp³-hybridized carbons (Fsp3) is 0.143. The molecule has 29 heavy (non-hydrogen) atoms. The van der Waals surface area contributed by atoms with Gasteiger partial charge in [0, 0.05) is 3.57 Å². The highest BCUT2D eigenvalue weighted by atomic mass is 127. The lowest BCUT2D eigenvalue weighted by Crippen LogP contribution is -2.06. The van der Waals surface area contributed by atoms with Crippen LogP contribution in [0.5, 0.6) is 11.5 Å². The molecular weight excluding hydrogens is 572 g/mol. The number of hydrogen-bond donors (Lipinski definition) is 0. The molecule has 0 fully saturated rings. The molecule has 5 nitrogen and oxygen atoms in total. The van der Waals surface area contributed by atoms with E-state index < -0.39 is 5.97 Å². The monoisotopic (exact) mass is 587 g/mol. The summed E-state index contributed by atoms with van der Waals surface area (Å²) in [5.41, 5.74) is 1.45. The Labute approximate surface area is 195 Å². The van der Waals surface area contributed by atoms with E-state index in [0.717, 1.165) is 3.57 Å². The summed E-state index contributed by atoms with van der Waals surface area (Å²) in [5.74, 6) is 0.750. The first-order chi connectivity index (χ1) is 13.9. The van der Waals surface area contributed by atoms with Crippen molar-refractivity contribution in [3.8, 4) is 11.5 Å². The maximum absolute atomic E-state index is 12.3. The first-order valence-electron chi connectivity index (χ1n) is 8.61. The Kier molecular flexibility index (Phi) is 7.37. The van der Waals surface area contributed by atoms with E-state index in [0.29, 0.717) is 45.3 Å². The zero-order valence-electron chi connectivity index (χ0n) is 15.4. The normalized spacial score (nSPS) is 14.6. The largest absolute Gasteiger partial charge is 0.490 e. The molecule has 2 aromatic carbocycles. The Bertz CT molecular complexity index is 1040. The molecule has 150 valence electrons. The van der Waals surface area contributed by atoms with E-state index in [1.165, 1.54) is 0 Å². The van der Waals surface area contributed by atoms with Crippen LogP contribution in [0.25, 0.3) is 6.08 Å². The first-order valence-corrected chi connectivity index (χ1v) is 10.9. The van der Waals surface area contributed by atoms with Crippen molar-refractivity contribution < 1.29 is 19.0 Å². The molecule has 1 aliphatic heterocycles. The van der Waals surface area contributed by atoms with Crippen molar-refractivity contribution in [3.05, 3.63) is 72.9 Å². The quantitative estimate of drug-likeness (QED) is 0.172. The highest BCUT2D eigenvalue weighted by molar-refractivity contribution is 14.1. The Balaban J connectivity index is 1.98. The Morgan fingerprint density at radius 2 is 2.10 bits per heavy atom. The van der Waals surface area contributed by atoms with Gasteiger partial charge in [0.1, 0.15) is 6.61 Å². The van der Waals surface area contributed by atoms with Gasteiger partial charge in [0.15, 0.2) is 17.2 Å². The van der Waals surface area contributed by atoms with Crippen molar-refractivity contribution in [1.82, 2.24) is 0 Å². The van der Waals surface area contributed by atoms with Crippen molar-refractivity contribution in [2.24, 2.45) is 4.99 Å². The third-order valence-corrected chi connectivity index (χ3v) is 5.35. The molecule has 0 radical (unpaired) electrons. The topological polar surface area (TPSA) is 57.1 Å². The number of halogens is 3. The molecule has 8 heteroatoms. The molecule has 1 aliphatic rings. The van der Waals surface area contributed by atoms with Gasteiger partial charge in [-0.1, -0.05) is 24.3 Å². The van der Waals surface area contributed by atoms with Gasteiger partial charge in [-0.3, -0.25) is 0 Å². The van der Waals surface area contributed by atoms with Crippen LogP contribution in [0.2, 0.25) is 5.02 Å². The molecule has 0 atom stereocenters. The van der Waals surface area contributed by atoms with Gasteiger partial charge in [-0.15, -0.1) is 0 Å². The molecule has 2 aromatic rings. The van der Waals surface area contributed by atoms with Crippen LogP contribution in [-0.4, -0.2) is 25.1 Å². The number of aliphatic imine (C=N–C) groups is 1. The van der Waals surface area contributed by atoms with Crippen LogP contribution in [0.15, 0.2) is 58.1 Å². The molecule has 0 saturated carbocycles. The average molecular weight is 589 g/mol. The minimum absolute atomic E-state index is 0.170. The molecule has 3 rings (SSSR count). The number of cyclic esters (lactones) is 1. The third-order valence-electron chi connectivity index (χ3n) is 3.76. The average Bonchev–Trinajstić information content (AvgIpc) is 3.03. The van der Waals surface area contributed by atoms with E-state index in [1.54, 1.807) is 24.3 Å². The highest BCUT2D eigenvalue weighted by Crippen LogP contribution is 2.38. The van der Waals surface area contributed by atoms with Crippen molar-refractivity contribution in [2.75, 3.05) is 13.2 Å². The van der Waals surface area contributed by atoms with Crippen LogP contribution in [0.3, 0.4) is 0 Å². The summed E-state index contributed by atoms with van der Waals surface area (Å²) in [4.78, 5) is 16.7. The Morgan fingerprint density at radius 1 is 1.31 bits per heavy atom. The lowest BCUT2D eigenvalue weighted by atomic mass is 10.1. The number of ether oxygens (including phenoxy) is 3. The summed E-state index contributed by atoms with van der Waals surface area (Å²) >= 11 is 11.9. The van der Waals surface area contributed by atoms with Crippen molar-refractivity contribution >= 4 is 68.1 Å². The van der Waals surface area contributed by atoms with Gasteiger partial charge < -0.3 is 14.2 Å². The number of nitrogens with zero attached hydrogens (tertiary/aromatic N) is 1. The van der Waals surface area contributed by atoms with Gasteiger partial charge in [0.05, 0.1) is 21.7 Å². The number of carbonyl (C=O) groups is 1. The molecule has 0 aromatic heterocycles. The highest BCUT2D eigenvalue weighted by Gasteiger charge is 2.26. The molecule has 0 saturated heterocycles. The van der Waals surface area contributed by atoms with Crippen LogP contribution in [-0.2, 0) is 9.53 Å². The summed E-state index contributed by atoms with van der Waals surface area (Å²) in [6.07, 6.45) is 3.28. The predicted octanol–water partition coefficient (Wildman–Crippen LogP) is 6.02. The second kappa shape index (κ2) is 9.77. The summed E-state index contributed by atoms with van der Waals surface area (Å²) < 4.78 is 18.3. The van der Waals surface area contributed by atoms with Gasteiger partial charge in [0.25, 0.3) is 0 Å². The molecular formula is C21H16BrClINO4. The zero-order chi connectivity index (χ0) is 21.0. The molecule has 1 heterocycles. The van der Waals surface area contributed by atoms with Gasteiger partial charge >= 0.3 is 5.97 Å². The number of rotatable bonds is 7. The van der Waals surface area contributed by atoms with Crippen molar-refractivity contribution in [3.63, 3.8) is 0 Å². The molecule has 0 aliphatic carbocycles. The first kappa shape index (κ1) is 21.9. The Morgan fingerprint density at radius 3 is 2.83 bits per heavy atom. The number of esters is 1. The van der Waals surface area contributed by atoms with Crippen LogP contribution >= 0.6 is 50.1 Å². The number of carbonyl (C=O) groups excluding carboxylic acids is 1. The van der Waals surface area contributed by atoms with E-state index in [1.807, 2.05) is 25.1 Å². The summed E-state index contributed by atoms with van der Waals surface area (Å²) in [7, 11) is 0. The van der Waals surface area contributed by atoms with Crippen LogP contribution in [0.1, 0.15) is 18.1 Å². The maximum Gasteiger partial charge on any atom is 0.363 e. The number of benzene rings is 2. The lowest BCUT2D eigenvalue weighted by Gasteiger charge is -2.13. The minimum atomic E-state index is -0.545.